The highest BCUT2D eigenvalue weighted by molar-refractivity contribution is 5.81. The van der Waals surface area contributed by atoms with E-state index in [1.807, 2.05) is 48.7 Å². The molecule has 0 saturated carbocycles. The van der Waals surface area contributed by atoms with Crippen LogP contribution in [0.3, 0.4) is 0 Å². The SMILES string of the molecule is [18F]CCOCCOCCNc1ccc(-c2ccc3ccccc3n2)cn1. The Morgan fingerprint density at radius 3 is 2.54 bits per heavy atom. The van der Waals surface area contributed by atoms with Gasteiger partial charge in [-0.2, -0.15) is 0 Å². The minimum absolute atomic E-state index is 0.129. The molecular formula is C20H22FN3O2. The maximum Gasteiger partial charge on any atom is 0.125 e. The number of pyridine rings is 2. The average Bonchev–Trinajstić information content (AvgIpc) is 2.70. The van der Waals surface area contributed by atoms with Crippen molar-refractivity contribution in [2.24, 2.45) is 0 Å². The normalized spacial score (nSPS) is 11.0. The van der Waals surface area contributed by atoms with Crippen molar-refractivity contribution in [3.05, 3.63) is 54.7 Å². The lowest BCUT2D eigenvalue weighted by Gasteiger charge is -2.08. The van der Waals surface area contributed by atoms with Crippen molar-refractivity contribution in [2.75, 3.05) is 45.0 Å². The zero-order chi connectivity index (χ0) is 18.0. The van der Waals surface area contributed by atoms with Crippen molar-refractivity contribution < 1.29 is 13.9 Å². The third-order valence-corrected chi connectivity index (χ3v) is 3.80. The number of nitrogens with zero attached hydrogens (tertiary/aromatic N) is 2. The predicted molar refractivity (Wildman–Crippen MR) is 101 cm³/mol. The number of alkyl halides is 1. The van der Waals surface area contributed by atoms with E-state index in [2.05, 4.69) is 21.4 Å². The van der Waals surface area contributed by atoms with Gasteiger partial charge in [-0.05, 0) is 24.3 Å². The first-order chi connectivity index (χ1) is 12.9. The number of halogens is 1. The van der Waals surface area contributed by atoms with Crippen LogP contribution in [0, 0.1) is 0 Å². The minimum Gasteiger partial charge on any atom is -0.377 e. The Hall–Kier alpha value is -2.57. The van der Waals surface area contributed by atoms with Gasteiger partial charge in [0.25, 0.3) is 0 Å². The standard InChI is InChI=1S/C20H22FN3O2/c21-9-11-25-13-14-26-12-10-22-20-8-6-17(15-23-20)19-7-5-16-3-1-2-4-18(16)24-19/h1-8,15H,9-14H2,(H,22,23)/i21-1. The molecule has 0 spiro atoms. The molecule has 1 N–H and O–H groups in total. The number of rotatable bonds is 10. The van der Waals surface area contributed by atoms with Crippen LogP contribution in [0.5, 0.6) is 0 Å². The fourth-order valence-electron chi connectivity index (χ4n) is 2.50. The highest BCUT2D eigenvalue weighted by Crippen LogP contribution is 2.21. The Kier molecular flexibility index (Phi) is 6.87. The lowest BCUT2D eigenvalue weighted by molar-refractivity contribution is 0.0463. The van der Waals surface area contributed by atoms with Crippen LogP contribution in [-0.2, 0) is 9.47 Å². The topological polar surface area (TPSA) is 56.3 Å². The van der Waals surface area contributed by atoms with Gasteiger partial charge >= 0.3 is 0 Å². The van der Waals surface area contributed by atoms with Crippen LogP contribution in [0.1, 0.15) is 0 Å². The minimum atomic E-state index is -0.460. The van der Waals surface area contributed by atoms with Gasteiger partial charge in [0.15, 0.2) is 0 Å². The molecular weight excluding hydrogens is 332 g/mol. The van der Waals surface area contributed by atoms with E-state index >= 15 is 0 Å². The molecule has 26 heavy (non-hydrogen) atoms. The number of ether oxygens (including phenoxy) is 2. The Morgan fingerprint density at radius 1 is 0.885 bits per heavy atom. The summed E-state index contributed by atoms with van der Waals surface area (Å²) in [5, 5.41) is 4.32. The molecule has 3 aromatic rings. The number of aromatic nitrogens is 2. The summed E-state index contributed by atoms with van der Waals surface area (Å²) >= 11 is 0. The number of benzene rings is 1. The van der Waals surface area contributed by atoms with Crippen LogP contribution < -0.4 is 5.32 Å². The van der Waals surface area contributed by atoms with Gasteiger partial charge in [0.05, 0.1) is 37.6 Å². The lowest BCUT2D eigenvalue weighted by atomic mass is 10.1. The van der Waals surface area contributed by atoms with Crippen molar-refractivity contribution in [3.8, 4) is 11.3 Å². The van der Waals surface area contributed by atoms with E-state index in [1.165, 1.54) is 0 Å². The molecule has 0 aliphatic heterocycles. The molecule has 0 radical (unpaired) electrons. The molecule has 0 saturated heterocycles. The smallest absolute Gasteiger partial charge is 0.125 e. The fraction of sp³-hybridized carbons (Fsp3) is 0.300. The van der Waals surface area contributed by atoms with Crippen molar-refractivity contribution in [3.63, 3.8) is 0 Å². The summed E-state index contributed by atoms with van der Waals surface area (Å²) in [6.07, 6.45) is 1.81. The first-order valence-electron chi connectivity index (χ1n) is 8.64. The van der Waals surface area contributed by atoms with Crippen molar-refractivity contribution in [2.45, 2.75) is 0 Å². The second-order valence-corrected chi connectivity index (χ2v) is 5.66. The van der Waals surface area contributed by atoms with Crippen LogP contribution >= 0.6 is 0 Å². The molecule has 3 rings (SSSR count). The highest BCUT2D eigenvalue weighted by Gasteiger charge is 2.02. The largest absolute Gasteiger partial charge is 0.377 e. The molecule has 0 aliphatic carbocycles. The Balaban J connectivity index is 1.47. The van der Waals surface area contributed by atoms with Gasteiger partial charge < -0.3 is 14.8 Å². The second-order valence-electron chi connectivity index (χ2n) is 5.66. The fourth-order valence-corrected chi connectivity index (χ4v) is 2.50. The van der Waals surface area contributed by atoms with Gasteiger partial charge in [-0.25, -0.2) is 14.4 Å². The van der Waals surface area contributed by atoms with E-state index in [1.54, 1.807) is 0 Å². The maximum atomic E-state index is 11.8. The van der Waals surface area contributed by atoms with Gasteiger partial charge in [0, 0.05) is 23.7 Å². The summed E-state index contributed by atoms with van der Waals surface area (Å²) in [7, 11) is 0. The maximum absolute atomic E-state index is 11.8. The molecule has 0 fully saturated rings. The summed E-state index contributed by atoms with van der Waals surface area (Å²) in [5.41, 5.74) is 2.85. The highest BCUT2D eigenvalue weighted by atomic mass is 18.2. The number of nitrogens with one attached hydrogen (secondary N) is 1. The summed E-state index contributed by atoms with van der Waals surface area (Å²) in [6, 6.07) is 16.0. The predicted octanol–water partition coefficient (Wildman–Crippen LogP) is 3.71. The Morgan fingerprint density at radius 2 is 1.73 bits per heavy atom. The summed E-state index contributed by atoms with van der Waals surface area (Å²) in [5.74, 6) is 0.784. The molecule has 1 aromatic carbocycles. The van der Waals surface area contributed by atoms with E-state index in [4.69, 9.17) is 9.47 Å². The third-order valence-electron chi connectivity index (χ3n) is 3.80. The van der Waals surface area contributed by atoms with E-state index in [9.17, 15) is 4.39 Å². The van der Waals surface area contributed by atoms with E-state index < -0.39 is 6.67 Å². The molecule has 136 valence electrons. The molecule has 2 heterocycles. The summed E-state index contributed by atoms with van der Waals surface area (Å²) < 4.78 is 22.2. The Labute approximate surface area is 152 Å². The first-order valence-corrected chi connectivity index (χ1v) is 8.64. The van der Waals surface area contributed by atoms with Gasteiger partial charge in [-0.1, -0.05) is 24.3 Å². The third kappa shape index (κ3) is 5.21. The van der Waals surface area contributed by atoms with Gasteiger partial charge in [-0.3, -0.25) is 0 Å². The van der Waals surface area contributed by atoms with Gasteiger partial charge in [-0.15, -0.1) is 0 Å². The molecule has 2 aromatic heterocycles. The van der Waals surface area contributed by atoms with Crippen LogP contribution in [0.2, 0.25) is 0 Å². The zero-order valence-corrected chi connectivity index (χ0v) is 14.5. The zero-order valence-electron chi connectivity index (χ0n) is 14.5. The molecule has 0 atom stereocenters. The average molecular weight is 354 g/mol. The molecule has 6 heteroatoms. The van der Waals surface area contributed by atoms with Crippen LogP contribution in [0.4, 0.5) is 10.2 Å². The number of anilines is 1. The number of fused-ring (bicyclic) bond motifs is 1. The summed E-state index contributed by atoms with van der Waals surface area (Å²) in [4.78, 5) is 9.10. The van der Waals surface area contributed by atoms with E-state index in [-0.39, 0.29) is 6.61 Å². The van der Waals surface area contributed by atoms with Crippen LogP contribution in [-0.4, -0.2) is 49.6 Å². The molecule has 5 nitrogen and oxygen atoms in total. The molecule has 0 amide bonds. The van der Waals surface area contributed by atoms with Gasteiger partial charge in [0.1, 0.15) is 12.5 Å². The van der Waals surface area contributed by atoms with Crippen LogP contribution in [0.15, 0.2) is 54.7 Å². The van der Waals surface area contributed by atoms with E-state index in [0.717, 1.165) is 28.0 Å². The molecule has 0 aliphatic rings. The molecule has 0 bridgehead atoms. The van der Waals surface area contributed by atoms with Crippen molar-refractivity contribution >= 4 is 16.7 Å². The first kappa shape index (κ1) is 18.2. The van der Waals surface area contributed by atoms with Crippen molar-refractivity contribution in [1.82, 2.24) is 9.97 Å². The van der Waals surface area contributed by atoms with E-state index in [0.29, 0.717) is 26.4 Å². The summed E-state index contributed by atoms with van der Waals surface area (Å²) in [6.45, 7) is 1.72. The second kappa shape index (κ2) is 9.79. The monoisotopic (exact) mass is 354 g/mol. The lowest BCUT2D eigenvalue weighted by Crippen LogP contribution is -2.13. The quantitative estimate of drug-likeness (QED) is 0.563. The number of hydrogen-bond donors (Lipinski definition) is 1. The Bertz CT molecular complexity index is 812. The van der Waals surface area contributed by atoms with Crippen molar-refractivity contribution in [1.29, 1.82) is 0 Å². The van der Waals surface area contributed by atoms with Crippen LogP contribution in [0.25, 0.3) is 22.2 Å². The van der Waals surface area contributed by atoms with Gasteiger partial charge in [0.2, 0.25) is 0 Å². The number of hydrogen-bond acceptors (Lipinski definition) is 5. The molecule has 0 unspecified atom stereocenters. The number of para-hydroxylation sites is 1.